The molecule has 0 aromatic heterocycles. The highest BCUT2D eigenvalue weighted by atomic mass is 16.3. The molecular formula is C9H21NO. The van der Waals surface area contributed by atoms with Gasteiger partial charge in [0.05, 0.1) is 6.10 Å². The Kier molecular flexibility index (Phi) is 5.51. The maximum atomic E-state index is 9.43. The van der Waals surface area contributed by atoms with Crippen molar-refractivity contribution in [2.24, 2.45) is 5.92 Å². The summed E-state index contributed by atoms with van der Waals surface area (Å²) in [5, 5.41) is 9.43. The summed E-state index contributed by atoms with van der Waals surface area (Å²) in [5.74, 6) is 0.701. The normalized spacial score (nSPS) is 14.5. The molecule has 0 heterocycles. The Labute approximate surface area is 70.2 Å². The number of aliphatic hydroxyl groups is 1. The van der Waals surface area contributed by atoms with E-state index in [0.29, 0.717) is 5.92 Å². The van der Waals surface area contributed by atoms with Crippen LogP contribution in [0, 0.1) is 5.92 Å². The van der Waals surface area contributed by atoms with Gasteiger partial charge in [0.1, 0.15) is 0 Å². The molecule has 0 radical (unpaired) electrons. The topological polar surface area (TPSA) is 23.5 Å². The molecule has 0 aliphatic carbocycles. The smallest absolute Gasteiger partial charge is 0.0667 e. The van der Waals surface area contributed by atoms with Gasteiger partial charge in [-0.25, -0.2) is 0 Å². The summed E-state index contributed by atoms with van der Waals surface area (Å²) in [4.78, 5) is 2.02. The predicted molar refractivity (Wildman–Crippen MR) is 48.6 cm³/mol. The van der Waals surface area contributed by atoms with Crippen LogP contribution in [0.5, 0.6) is 0 Å². The van der Waals surface area contributed by atoms with Gasteiger partial charge in [0.2, 0.25) is 0 Å². The van der Waals surface area contributed by atoms with Crippen molar-refractivity contribution in [3.63, 3.8) is 0 Å². The number of rotatable bonds is 5. The molecule has 0 spiro atoms. The fourth-order valence-electron chi connectivity index (χ4n) is 1.04. The van der Waals surface area contributed by atoms with Gasteiger partial charge in [-0.3, -0.25) is 0 Å². The fourth-order valence-corrected chi connectivity index (χ4v) is 1.04. The van der Waals surface area contributed by atoms with Gasteiger partial charge >= 0.3 is 0 Å². The molecule has 11 heavy (non-hydrogen) atoms. The molecular weight excluding hydrogens is 138 g/mol. The van der Waals surface area contributed by atoms with Crippen molar-refractivity contribution in [2.45, 2.75) is 32.8 Å². The molecule has 1 unspecified atom stereocenters. The summed E-state index contributed by atoms with van der Waals surface area (Å²) < 4.78 is 0. The number of aliphatic hydroxyl groups excluding tert-OH is 1. The Morgan fingerprint density at radius 1 is 1.18 bits per heavy atom. The molecule has 0 saturated heterocycles. The predicted octanol–water partition coefficient (Wildman–Crippen LogP) is 1.35. The van der Waals surface area contributed by atoms with E-state index in [4.69, 9.17) is 0 Å². The summed E-state index contributed by atoms with van der Waals surface area (Å²) in [6, 6.07) is 0. The number of hydrogen-bond acceptors (Lipinski definition) is 2. The van der Waals surface area contributed by atoms with Crippen LogP contribution in [0.3, 0.4) is 0 Å². The van der Waals surface area contributed by atoms with Crippen LogP contribution >= 0.6 is 0 Å². The summed E-state index contributed by atoms with van der Waals surface area (Å²) in [7, 11) is 3.97. The van der Waals surface area contributed by atoms with E-state index < -0.39 is 0 Å². The van der Waals surface area contributed by atoms with E-state index >= 15 is 0 Å². The summed E-state index contributed by atoms with van der Waals surface area (Å²) in [5.41, 5.74) is 0. The van der Waals surface area contributed by atoms with Gasteiger partial charge in [0.15, 0.2) is 0 Å². The second kappa shape index (κ2) is 5.56. The van der Waals surface area contributed by atoms with Gasteiger partial charge in [-0.05, 0) is 32.9 Å². The summed E-state index contributed by atoms with van der Waals surface area (Å²) >= 11 is 0. The Bertz CT molecular complexity index is 91.6. The first-order valence-corrected chi connectivity index (χ1v) is 4.35. The number of hydrogen-bond donors (Lipinski definition) is 1. The molecule has 0 saturated carbocycles. The highest BCUT2D eigenvalue weighted by Gasteiger charge is 2.05. The minimum Gasteiger partial charge on any atom is -0.392 e. The van der Waals surface area contributed by atoms with Crippen LogP contribution in [-0.2, 0) is 0 Å². The molecule has 0 aromatic carbocycles. The van der Waals surface area contributed by atoms with Gasteiger partial charge in [0, 0.05) is 6.54 Å². The maximum Gasteiger partial charge on any atom is 0.0667 e. The molecule has 0 rings (SSSR count). The third-order valence-corrected chi connectivity index (χ3v) is 1.65. The highest BCUT2D eigenvalue weighted by molar-refractivity contribution is 4.59. The van der Waals surface area contributed by atoms with Crippen LogP contribution in [0.15, 0.2) is 0 Å². The lowest BCUT2D eigenvalue weighted by molar-refractivity contribution is 0.122. The van der Waals surface area contributed by atoms with Gasteiger partial charge in [-0.15, -0.1) is 0 Å². The van der Waals surface area contributed by atoms with Gasteiger partial charge in [-0.2, -0.15) is 0 Å². The Morgan fingerprint density at radius 3 is 2.09 bits per heavy atom. The number of nitrogens with zero attached hydrogens (tertiary/aromatic N) is 1. The van der Waals surface area contributed by atoms with Crippen molar-refractivity contribution in [1.29, 1.82) is 0 Å². The highest BCUT2D eigenvalue weighted by Crippen LogP contribution is 2.06. The minimum absolute atomic E-state index is 0.146. The van der Waals surface area contributed by atoms with E-state index in [-0.39, 0.29) is 6.10 Å². The molecule has 0 amide bonds. The van der Waals surface area contributed by atoms with Gasteiger partial charge in [-0.1, -0.05) is 13.8 Å². The van der Waals surface area contributed by atoms with Crippen LogP contribution < -0.4 is 0 Å². The van der Waals surface area contributed by atoms with Crippen molar-refractivity contribution in [3.8, 4) is 0 Å². The lowest BCUT2D eigenvalue weighted by Gasteiger charge is -2.16. The van der Waals surface area contributed by atoms with Crippen LogP contribution in [0.4, 0.5) is 0 Å². The molecule has 2 nitrogen and oxygen atoms in total. The minimum atomic E-state index is -0.146. The van der Waals surface area contributed by atoms with E-state index in [9.17, 15) is 5.11 Å². The van der Waals surface area contributed by atoms with Crippen LogP contribution in [-0.4, -0.2) is 36.8 Å². The second-order valence-electron chi connectivity index (χ2n) is 3.89. The Balaban J connectivity index is 3.29. The first-order chi connectivity index (χ1) is 5.02. The van der Waals surface area contributed by atoms with Crippen LogP contribution in [0.2, 0.25) is 0 Å². The summed E-state index contributed by atoms with van der Waals surface area (Å²) in [6.07, 6.45) is 1.90. The lowest BCUT2D eigenvalue weighted by Crippen LogP contribution is -2.25. The van der Waals surface area contributed by atoms with E-state index in [0.717, 1.165) is 19.4 Å². The second-order valence-corrected chi connectivity index (χ2v) is 3.89. The van der Waals surface area contributed by atoms with Crippen LogP contribution in [0.25, 0.3) is 0 Å². The number of likely N-dealkylation sites (N-methyl/N-ethyl adjacent to an activating group) is 1. The zero-order valence-corrected chi connectivity index (χ0v) is 8.17. The van der Waals surface area contributed by atoms with Crippen molar-refractivity contribution in [1.82, 2.24) is 4.90 Å². The summed E-state index contributed by atoms with van der Waals surface area (Å²) in [6.45, 7) is 5.15. The zero-order valence-electron chi connectivity index (χ0n) is 8.17. The van der Waals surface area contributed by atoms with Crippen molar-refractivity contribution < 1.29 is 5.11 Å². The zero-order chi connectivity index (χ0) is 8.85. The average Bonchev–Trinajstić information content (AvgIpc) is 1.82. The van der Waals surface area contributed by atoms with E-state index in [1.165, 1.54) is 0 Å². The van der Waals surface area contributed by atoms with Gasteiger partial charge in [0.25, 0.3) is 0 Å². The largest absolute Gasteiger partial charge is 0.392 e. The molecule has 1 N–H and O–H groups in total. The third kappa shape index (κ3) is 7.82. The van der Waals surface area contributed by atoms with E-state index in [2.05, 4.69) is 13.8 Å². The molecule has 68 valence electrons. The van der Waals surface area contributed by atoms with E-state index in [1.807, 2.05) is 19.0 Å². The molecule has 0 aromatic rings. The van der Waals surface area contributed by atoms with Crippen molar-refractivity contribution >= 4 is 0 Å². The van der Waals surface area contributed by atoms with E-state index in [1.54, 1.807) is 0 Å². The molecule has 2 heteroatoms. The van der Waals surface area contributed by atoms with Crippen LogP contribution in [0.1, 0.15) is 26.7 Å². The van der Waals surface area contributed by atoms with Gasteiger partial charge < -0.3 is 10.0 Å². The standard InChI is InChI=1S/C9H21NO/c1-8(2)5-6-9(11)7-10(3)4/h8-9,11H,5-7H2,1-4H3. The van der Waals surface area contributed by atoms with Crippen molar-refractivity contribution in [3.05, 3.63) is 0 Å². The molecule has 0 bridgehead atoms. The van der Waals surface area contributed by atoms with Crippen molar-refractivity contribution in [2.75, 3.05) is 20.6 Å². The molecule has 1 atom stereocenters. The Hall–Kier alpha value is -0.0800. The lowest BCUT2D eigenvalue weighted by atomic mass is 10.1. The average molecular weight is 159 g/mol. The fraction of sp³-hybridized carbons (Fsp3) is 1.00. The maximum absolute atomic E-state index is 9.43. The Morgan fingerprint density at radius 2 is 1.73 bits per heavy atom. The molecule has 0 aliphatic heterocycles. The SMILES string of the molecule is CC(C)CCC(O)CN(C)C. The third-order valence-electron chi connectivity index (χ3n) is 1.65. The monoisotopic (exact) mass is 159 g/mol. The molecule has 0 aliphatic rings. The first-order valence-electron chi connectivity index (χ1n) is 4.35. The molecule has 0 fully saturated rings. The first kappa shape index (κ1) is 10.9. The quantitative estimate of drug-likeness (QED) is 0.654.